The summed E-state index contributed by atoms with van der Waals surface area (Å²) in [5.74, 6) is 0.535. The number of benzene rings is 1. The maximum Gasteiger partial charge on any atom is 0.431 e. The Kier molecular flexibility index (Phi) is 3.21. The molecule has 1 aromatic heterocycles. The van der Waals surface area contributed by atoms with Crippen molar-refractivity contribution < 1.29 is 17.9 Å². The van der Waals surface area contributed by atoms with Crippen LogP contribution in [0.1, 0.15) is 11.3 Å². The van der Waals surface area contributed by atoms with Crippen LogP contribution in [0.3, 0.4) is 0 Å². The molecule has 0 aliphatic rings. The lowest BCUT2D eigenvalue weighted by molar-refractivity contribution is -0.141. The Morgan fingerprint density at radius 1 is 1.33 bits per heavy atom. The summed E-state index contributed by atoms with van der Waals surface area (Å²) in [6.07, 6.45) is -4.39. The quantitative estimate of drug-likeness (QED) is 0.888. The van der Waals surface area contributed by atoms with Crippen molar-refractivity contribution in [2.75, 3.05) is 14.2 Å². The third kappa shape index (κ3) is 2.15. The standard InChI is InChI=1S/C12H13F3N2O/c1-16-6-9-8-5-7(18-2)3-4-10(8)17-11(9)12(13,14)15/h3-5,16-17H,6H2,1-2H3. The lowest BCUT2D eigenvalue weighted by atomic mass is 10.1. The van der Waals surface area contributed by atoms with Gasteiger partial charge in [-0.3, -0.25) is 0 Å². The van der Waals surface area contributed by atoms with Gasteiger partial charge in [0.2, 0.25) is 0 Å². The largest absolute Gasteiger partial charge is 0.497 e. The summed E-state index contributed by atoms with van der Waals surface area (Å²) < 4.78 is 43.7. The van der Waals surface area contributed by atoms with Crippen LogP contribution in [0.5, 0.6) is 5.75 Å². The molecule has 0 fully saturated rings. The first-order valence-electron chi connectivity index (χ1n) is 5.37. The zero-order chi connectivity index (χ0) is 13.3. The summed E-state index contributed by atoms with van der Waals surface area (Å²) >= 11 is 0. The van der Waals surface area contributed by atoms with Crippen molar-refractivity contribution in [3.05, 3.63) is 29.5 Å². The van der Waals surface area contributed by atoms with Gasteiger partial charge in [0.15, 0.2) is 0 Å². The van der Waals surface area contributed by atoms with Gasteiger partial charge in [-0.1, -0.05) is 0 Å². The van der Waals surface area contributed by atoms with Crippen LogP contribution in [0.25, 0.3) is 10.9 Å². The topological polar surface area (TPSA) is 37.0 Å². The number of hydrogen-bond acceptors (Lipinski definition) is 2. The maximum absolute atomic E-state index is 12.9. The summed E-state index contributed by atoms with van der Waals surface area (Å²) in [5.41, 5.74) is -0.0487. The Labute approximate surface area is 102 Å². The molecule has 0 saturated heterocycles. The Balaban J connectivity index is 2.68. The number of fused-ring (bicyclic) bond motifs is 1. The van der Waals surface area contributed by atoms with Gasteiger partial charge in [0, 0.05) is 23.0 Å². The third-order valence-corrected chi connectivity index (χ3v) is 2.75. The van der Waals surface area contributed by atoms with Gasteiger partial charge in [-0.2, -0.15) is 13.2 Å². The Bertz CT molecular complexity index is 560. The molecular weight excluding hydrogens is 245 g/mol. The highest BCUT2D eigenvalue weighted by atomic mass is 19.4. The average Bonchev–Trinajstić information content (AvgIpc) is 2.68. The van der Waals surface area contributed by atoms with Crippen LogP contribution in [0, 0.1) is 0 Å². The minimum absolute atomic E-state index is 0.141. The number of nitrogens with one attached hydrogen (secondary N) is 2. The molecule has 6 heteroatoms. The SMILES string of the molecule is CNCc1c(C(F)(F)F)[nH]c2ccc(OC)cc12. The van der Waals surface area contributed by atoms with Gasteiger partial charge in [0.25, 0.3) is 0 Å². The van der Waals surface area contributed by atoms with Crippen molar-refractivity contribution in [3.63, 3.8) is 0 Å². The first-order chi connectivity index (χ1) is 8.47. The Hall–Kier alpha value is -1.69. The van der Waals surface area contributed by atoms with Crippen LogP contribution in [0.15, 0.2) is 18.2 Å². The van der Waals surface area contributed by atoms with E-state index in [9.17, 15) is 13.2 Å². The normalized spacial score (nSPS) is 12.1. The Morgan fingerprint density at radius 2 is 2.06 bits per heavy atom. The van der Waals surface area contributed by atoms with Crippen LogP contribution in [-0.2, 0) is 12.7 Å². The molecular formula is C12H13F3N2O. The van der Waals surface area contributed by atoms with Crippen LogP contribution < -0.4 is 10.1 Å². The number of aromatic nitrogens is 1. The zero-order valence-electron chi connectivity index (χ0n) is 9.98. The summed E-state index contributed by atoms with van der Waals surface area (Å²) in [6, 6.07) is 4.82. The molecule has 0 bridgehead atoms. The van der Waals surface area contributed by atoms with E-state index < -0.39 is 11.9 Å². The fourth-order valence-corrected chi connectivity index (χ4v) is 1.96. The van der Waals surface area contributed by atoms with E-state index in [1.165, 1.54) is 7.11 Å². The summed E-state index contributed by atoms with van der Waals surface area (Å²) in [4.78, 5) is 2.42. The molecule has 3 nitrogen and oxygen atoms in total. The number of aromatic amines is 1. The molecule has 2 rings (SSSR count). The molecule has 18 heavy (non-hydrogen) atoms. The lowest BCUT2D eigenvalue weighted by Gasteiger charge is -2.07. The predicted octanol–water partition coefficient (Wildman–Crippen LogP) is 2.91. The van der Waals surface area contributed by atoms with Crippen LogP contribution in [-0.4, -0.2) is 19.1 Å². The lowest BCUT2D eigenvalue weighted by Crippen LogP contribution is -2.13. The molecule has 0 atom stereocenters. The highest BCUT2D eigenvalue weighted by molar-refractivity contribution is 5.86. The molecule has 1 aromatic carbocycles. The van der Waals surface area contributed by atoms with Gasteiger partial charge < -0.3 is 15.0 Å². The van der Waals surface area contributed by atoms with E-state index in [2.05, 4.69) is 10.3 Å². The molecule has 0 spiro atoms. The number of ether oxygens (including phenoxy) is 1. The molecule has 0 unspecified atom stereocenters. The van der Waals surface area contributed by atoms with Crippen molar-refractivity contribution in [2.45, 2.75) is 12.7 Å². The van der Waals surface area contributed by atoms with Crippen LogP contribution in [0.2, 0.25) is 0 Å². The van der Waals surface area contributed by atoms with Gasteiger partial charge in [0.1, 0.15) is 11.4 Å². The summed E-state index contributed by atoms with van der Waals surface area (Å²) in [6.45, 7) is 0.141. The zero-order valence-corrected chi connectivity index (χ0v) is 9.98. The summed E-state index contributed by atoms with van der Waals surface area (Å²) in [7, 11) is 3.09. The van der Waals surface area contributed by atoms with Crippen molar-refractivity contribution >= 4 is 10.9 Å². The van der Waals surface area contributed by atoms with Crippen LogP contribution in [0.4, 0.5) is 13.2 Å². The number of methoxy groups -OCH3 is 1. The van der Waals surface area contributed by atoms with E-state index in [1.807, 2.05) is 0 Å². The monoisotopic (exact) mass is 258 g/mol. The van der Waals surface area contributed by atoms with E-state index in [4.69, 9.17) is 4.74 Å². The second-order valence-electron chi connectivity index (χ2n) is 3.92. The number of halogens is 3. The fourth-order valence-electron chi connectivity index (χ4n) is 1.96. The smallest absolute Gasteiger partial charge is 0.431 e. The molecule has 98 valence electrons. The van der Waals surface area contributed by atoms with E-state index in [0.717, 1.165) is 0 Å². The highest BCUT2D eigenvalue weighted by Crippen LogP contribution is 2.36. The average molecular weight is 258 g/mol. The Morgan fingerprint density at radius 3 is 2.61 bits per heavy atom. The number of alkyl halides is 3. The third-order valence-electron chi connectivity index (χ3n) is 2.75. The van der Waals surface area contributed by atoms with Gasteiger partial charge in [-0.25, -0.2) is 0 Å². The van der Waals surface area contributed by atoms with E-state index >= 15 is 0 Å². The van der Waals surface area contributed by atoms with Crippen molar-refractivity contribution in [1.82, 2.24) is 10.3 Å². The van der Waals surface area contributed by atoms with Gasteiger partial charge in [-0.15, -0.1) is 0 Å². The van der Waals surface area contributed by atoms with E-state index in [1.54, 1.807) is 25.2 Å². The molecule has 2 aromatic rings. The van der Waals surface area contributed by atoms with E-state index in [-0.39, 0.29) is 12.1 Å². The first-order valence-corrected chi connectivity index (χ1v) is 5.37. The molecule has 0 radical (unpaired) electrons. The van der Waals surface area contributed by atoms with Gasteiger partial charge in [-0.05, 0) is 25.2 Å². The molecule has 0 amide bonds. The van der Waals surface area contributed by atoms with Gasteiger partial charge in [0.05, 0.1) is 7.11 Å². The first kappa shape index (κ1) is 12.8. The number of H-pyrrole nitrogens is 1. The molecule has 0 saturated carbocycles. The minimum atomic E-state index is -4.39. The van der Waals surface area contributed by atoms with Crippen LogP contribution >= 0.6 is 0 Å². The molecule has 2 N–H and O–H groups in total. The minimum Gasteiger partial charge on any atom is -0.497 e. The summed E-state index contributed by atoms with van der Waals surface area (Å²) in [5, 5.41) is 3.28. The molecule has 0 aliphatic heterocycles. The second kappa shape index (κ2) is 4.53. The van der Waals surface area contributed by atoms with E-state index in [0.29, 0.717) is 16.7 Å². The molecule has 0 aliphatic carbocycles. The van der Waals surface area contributed by atoms with Crippen molar-refractivity contribution in [2.24, 2.45) is 0 Å². The van der Waals surface area contributed by atoms with Gasteiger partial charge >= 0.3 is 6.18 Å². The number of rotatable bonds is 3. The highest BCUT2D eigenvalue weighted by Gasteiger charge is 2.36. The second-order valence-corrected chi connectivity index (χ2v) is 3.92. The fraction of sp³-hybridized carbons (Fsp3) is 0.333. The van der Waals surface area contributed by atoms with Crippen molar-refractivity contribution in [1.29, 1.82) is 0 Å². The van der Waals surface area contributed by atoms with Crippen molar-refractivity contribution in [3.8, 4) is 5.75 Å². The maximum atomic E-state index is 12.9. The number of hydrogen-bond donors (Lipinski definition) is 2. The predicted molar refractivity (Wildman–Crippen MR) is 62.6 cm³/mol. The molecule has 1 heterocycles.